The van der Waals surface area contributed by atoms with E-state index >= 15 is 0 Å². The van der Waals surface area contributed by atoms with Crippen LogP contribution >= 0.6 is 34.4 Å². The molecular weight excluding hydrogens is 400 g/mol. The molecule has 2 aliphatic heterocycles. The number of anilines is 1. The second-order valence-corrected chi connectivity index (χ2v) is 10.00. The number of hydrogen-bond acceptors (Lipinski definition) is 7. The zero-order valence-corrected chi connectivity index (χ0v) is 17.0. The largest absolute Gasteiger partial charge is 0.322 e. The standard InChI is InChI=1S/C18H18N4O2S3/c23-13-9-26-18-15(20-13)14-16(27-18)17(24)22(10-19-14)8-11(12-4-3-7-25-12)21-5-1-2-6-21/h3-4,7,10-11H,1-2,5-6,8-9H2,(H,20,23). The number of rotatable bonds is 4. The monoisotopic (exact) mass is 418 g/mol. The van der Waals surface area contributed by atoms with Gasteiger partial charge < -0.3 is 5.32 Å². The van der Waals surface area contributed by atoms with Gasteiger partial charge in [0.25, 0.3) is 5.56 Å². The van der Waals surface area contributed by atoms with E-state index in [0.29, 0.717) is 28.2 Å². The highest BCUT2D eigenvalue weighted by Gasteiger charge is 2.27. The lowest BCUT2D eigenvalue weighted by atomic mass is 10.2. The van der Waals surface area contributed by atoms with Crippen LogP contribution in [-0.4, -0.2) is 39.2 Å². The molecule has 0 spiro atoms. The van der Waals surface area contributed by atoms with Gasteiger partial charge in [0.2, 0.25) is 5.91 Å². The van der Waals surface area contributed by atoms with Gasteiger partial charge in [0.1, 0.15) is 10.2 Å². The topological polar surface area (TPSA) is 67.2 Å². The minimum atomic E-state index is -0.0371. The first-order chi connectivity index (χ1) is 13.2. The number of hydrogen-bond donors (Lipinski definition) is 1. The maximum Gasteiger partial charge on any atom is 0.271 e. The Balaban J connectivity index is 1.53. The SMILES string of the molecule is O=C1CSc2sc3c(=O)n(CC(c4cccs4)N4CCCC4)cnc3c2N1. The lowest BCUT2D eigenvalue weighted by Gasteiger charge is -2.27. The van der Waals surface area contributed by atoms with E-state index in [9.17, 15) is 9.59 Å². The van der Waals surface area contributed by atoms with Crippen LogP contribution in [0, 0.1) is 0 Å². The van der Waals surface area contributed by atoms with Gasteiger partial charge in [0.15, 0.2) is 0 Å². The summed E-state index contributed by atoms with van der Waals surface area (Å²) in [7, 11) is 0. The molecule has 1 amide bonds. The van der Waals surface area contributed by atoms with E-state index in [4.69, 9.17) is 0 Å². The predicted molar refractivity (Wildman–Crippen MR) is 111 cm³/mol. The van der Waals surface area contributed by atoms with Crippen LogP contribution in [0.1, 0.15) is 23.8 Å². The van der Waals surface area contributed by atoms with Crippen molar-refractivity contribution in [3.63, 3.8) is 0 Å². The summed E-state index contributed by atoms with van der Waals surface area (Å²) in [6.07, 6.45) is 4.06. The molecule has 5 rings (SSSR count). The van der Waals surface area contributed by atoms with E-state index in [0.717, 1.165) is 17.3 Å². The van der Waals surface area contributed by atoms with Crippen LogP contribution in [0.25, 0.3) is 10.2 Å². The van der Waals surface area contributed by atoms with Crippen molar-refractivity contribution in [2.45, 2.75) is 29.6 Å². The zero-order valence-electron chi connectivity index (χ0n) is 14.5. The summed E-state index contributed by atoms with van der Waals surface area (Å²) in [4.78, 5) is 33.1. The van der Waals surface area contributed by atoms with Crippen molar-refractivity contribution >= 4 is 56.2 Å². The molecule has 1 saturated heterocycles. The summed E-state index contributed by atoms with van der Waals surface area (Å²) in [5.74, 6) is 0.355. The van der Waals surface area contributed by atoms with E-state index in [1.165, 1.54) is 40.8 Å². The first-order valence-electron chi connectivity index (χ1n) is 8.93. The molecule has 140 valence electrons. The lowest BCUT2D eigenvalue weighted by molar-refractivity contribution is -0.113. The van der Waals surface area contributed by atoms with Crippen LogP contribution in [0.4, 0.5) is 5.69 Å². The summed E-state index contributed by atoms with van der Waals surface area (Å²) < 4.78 is 3.34. The molecule has 1 N–H and O–H groups in total. The molecule has 0 saturated carbocycles. The summed E-state index contributed by atoms with van der Waals surface area (Å²) in [6, 6.07) is 4.43. The second-order valence-electron chi connectivity index (χ2n) is 6.76. The van der Waals surface area contributed by atoms with Crippen molar-refractivity contribution < 1.29 is 4.79 Å². The molecular formula is C18H18N4O2S3. The van der Waals surface area contributed by atoms with Gasteiger partial charge >= 0.3 is 0 Å². The number of likely N-dealkylation sites (tertiary alicyclic amines) is 1. The molecule has 2 aliphatic rings. The normalized spacial score (nSPS) is 18.6. The van der Waals surface area contributed by atoms with Crippen LogP contribution in [0.5, 0.6) is 0 Å². The van der Waals surface area contributed by atoms with Crippen LogP contribution in [0.15, 0.2) is 32.8 Å². The average Bonchev–Trinajstić information content (AvgIpc) is 3.42. The van der Waals surface area contributed by atoms with Gasteiger partial charge in [-0.2, -0.15) is 0 Å². The number of nitrogens with zero attached hydrogens (tertiary/aromatic N) is 3. The number of thiophene rings is 2. The zero-order chi connectivity index (χ0) is 18.4. The number of nitrogens with one attached hydrogen (secondary N) is 1. The summed E-state index contributed by atoms with van der Waals surface area (Å²) in [5, 5.41) is 4.96. The van der Waals surface area contributed by atoms with Crippen molar-refractivity contribution in [2.75, 3.05) is 24.2 Å². The van der Waals surface area contributed by atoms with Crippen molar-refractivity contribution in [1.82, 2.24) is 14.5 Å². The van der Waals surface area contributed by atoms with Gasteiger partial charge in [0, 0.05) is 11.4 Å². The number of fused-ring (bicyclic) bond motifs is 3. The highest BCUT2D eigenvalue weighted by molar-refractivity contribution is 8.02. The molecule has 1 unspecified atom stereocenters. The number of amides is 1. The van der Waals surface area contributed by atoms with Crippen LogP contribution in [-0.2, 0) is 11.3 Å². The fraction of sp³-hybridized carbons (Fsp3) is 0.389. The Morgan fingerprint density at radius 2 is 2.11 bits per heavy atom. The van der Waals surface area contributed by atoms with Gasteiger partial charge in [-0.3, -0.25) is 19.1 Å². The number of carbonyl (C=O) groups is 1. The van der Waals surface area contributed by atoms with E-state index in [-0.39, 0.29) is 17.5 Å². The number of aromatic nitrogens is 2. The molecule has 0 aliphatic carbocycles. The first kappa shape index (κ1) is 17.4. The van der Waals surface area contributed by atoms with Crippen molar-refractivity contribution in [1.29, 1.82) is 0 Å². The molecule has 1 atom stereocenters. The third kappa shape index (κ3) is 3.12. The highest BCUT2D eigenvalue weighted by Crippen LogP contribution is 2.42. The molecule has 0 bridgehead atoms. The number of thioether (sulfide) groups is 1. The van der Waals surface area contributed by atoms with Crippen LogP contribution in [0.3, 0.4) is 0 Å². The summed E-state index contributed by atoms with van der Waals surface area (Å²) >= 11 is 4.67. The molecule has 5 heterocycles. The lowest BCUT2D eigenvalue weighted by Crippen LogP contribution is -2.32. The maximum absolute atomic E-state index is 13.1. The fourth-order valence-corrected chi connectivity index (χ4v) is 6.77. The minimum Gasteiger partial charge on any atom is -0.322 e. The van der Waals surface area contributed by atoms with Gasteiger partial charge in [-0.05, 0) is 37.4 Å². The molecule has 3 aromatic heterocycles. The van der Waals surface area contributed by atoms with Crippen LogP contribution < -0.4 is 10.9 Å². The Kier molecular flexibility index (Phi) is 4.55. The smallest absolute Gasteiger partial charge is 0.271 e. The molecule has 6 nitrogen and oxygen atoms in total. The molecule has 3 aromatic rings. The van der Waals surface area contributed by atoms with Gasteiger partial charge in [-0.1, -0.05) is 6.07 Å². The Bertz CT molecular complexity index is 1050. The van der Waals surface area contributed by atoms with Crippen molar-refractivity contribution in [3.8, 4) is 0 Å². The van der Waals surface area contributed by atoms with E-state index in [2.05, 4.69) is 32.7 Å². The molecule has 0 aromatic carbocycles. The van der Waals surface area contributed by atoms with Gasteiger partial charge in [-0.25, -0.2) is 4.98 Å². The second kappa shape index (κ2) is 7.05. The molecule has 27 heavy (non-hydrogen) atoms. The summed E-state index contributed by atoms with van der Waals surface area (Å²) in [5.41, 5.74) is 1.30. The third-order valence-electron chi connectivity index (χ3n) is 5.05. The van der Waals surface area contributed by atoms with Gasteiger partial charge in [0.05, 0.1) is 28.0 Å². The Morgan fingerprint density at radius 3 is 2.89 bits per heavy atom. The third-order valence-corrected chi connectivity index (χ3v) is 8.47. The Labute approximate surface area is 168 Å². The molecule has 1 fully saturated rings. The molecule has 9 heteroatoms. The fourth-order valence-electron chi connectivity index (χ4n) is 3.74. The quantitative estimate of drug-likeness (QED) is 0.703. The first-order valence-corrected chi connectivity index (χ1v) is 11.6. The maximum atomic E-state index is 13.1. The minimum absolute atomic E-state index is 0.0185. The van der Waals surface area contributed by atoms with Crippen molar-refractivity contribution in [2.24, 2.45) is 0 Å². The van der Waals surface area contributed by atoms with Crippen LogP contribution in [0.2, 0.25) is 0 Å². The highest BCUT2D eigenvalue weighted by atomic mass is 32.2. The van der Waals surface area contributed by atoms with E-state index < -0.39 is 0 Å². The van der Waals surface area contributed by atoms with Gasteiger partial charge in [-0.15, -0.1) is 34.4 Å². The Morgan fingerprint density at radius 1 is 1.26 bits per heavy atom. The Hall–Kier alpha value is -1.68. The predicted octanol–water partition coefficient (Wildman–Crippen LogP) is 3.40. The number of carbonyl (C=O) groups excluding carboxylic acids is 1. The van der Waals surface area contributed by atoms with E-state index in [1.54, 1.807) is 22.2 Å². The summed E-state index contributed by atoms with van der Waals surface area (Å²) in [6.45, 7) is 2.75. The molecule has 0 radical (unpaired) electrons. The van der Waals surface area contributed by atoms with E-state index in [1.807, 2.05) is 0 Å². The van der Waals surface area contributed by atoms with Crippen molar-refractivity contribution in [3.05, 3.63) is 39.1 Å². The average molecular weight is 419 g/mol.